The lowest BCUT2D eigenvalue weighted by Gasteiger charge is -2.17. The molecular weight excluding hydrogens is 331 g/mol. The highest BCUT2D eigenvalue weighted by atomic mass is 31.2. The van der Waals surface area contributed by atoms with Crippen LogP contribution >= 0.6 is 7.60 Å². The molecule has 0 radical (unpaired) electrons. The second-order valence-corrected chi connectivity index (χ2v) is 6.96. The zero-order chi connectivity index (χ0) is 17.6. The predicted molar refractivity (Wildman–Crippen MR) is 91.8 cm³/mol. The lowest BCUT2D eigenvalue weighted by atomic mass is 10.1. The summed E-state index contributed by atoms with van der Waals surface area (Å²) < 4.78 is 22.6. The van der Waals surface area contributed by atoms with Crippen LogP contribution < -0.4 is 14.6 Å². The Labute approximate surface area is 140 Å². The summed E-state index contributed by atoms with van der Waals surface area (Å²) in [7, 11) is -2.53. The molecule has 2 aromatic rings. The maximum absolute atomic E-state index is 12.3. The Morgan fingerprint density at radius 3 is 2.79 bits per heavy atom. The quantitative estimate of drug-likeness (QED) is 0.626. The van der Waals surface area contributed by atoms with E-state index in [0.29, 0.717) is 17.7 Å². The SMILES string of the molecule is CCCc1cc(OP(=O)(O)CNc2cccnc2)cc(OC)c1O. The van der Waals surface area contributed by atoms with Gasteiger partial charge in [0.05, 0.1) is 12.8 Å². The number of aromatic hydroxyl groups is 1. The van der Waals surface area contributed by atoms with Gasteiger partial charge in [-0.1, -0.05) is 13.3 Å². The van der Waals surface area contributed by atoms with Crippen LogP contribution in [0.25, 0.3) is 0 Å². The summed E-state index contributed by atoms with van der Waals surface area (Å²) in [6, 6.07) is 6.39. The van der Waals surface area contributed by atoms with Crippen LogP contribution in [0.5, 0.6) is 17.2 Å². The first kappa shape index (κ1) is 18.1. The van der Waals surface area contributed by atoms with Crippen molar-refractivity contribution in [3.05, 3.63) is 42.2 Å². The van der Waals surface area contributed by atoms with Crippen LogP contribution in [0.4, 0.5) is 5.69 Å². The van der Waals surface area contributed by atoms with Gasteiger partial charge in [0.1, 0.15) is 12.0 Å². The van der Waals surface area contributed by atoms with Crippen LogP contribution in [0.2, 0.25) is 0 Å². The lowest BCUT2D eigenvalue weighted by molar-refractivity contribution is 0.361. The Morgan fingerprint density at radius 2 is 2.17 bits per heavy atom. The number of rotatable bonds is 8. The van der Waals surface area contributed by atoms with Crippen molar-refractivity contribution in [1.29, 1.82) is 0 Å². The maximum atomic E-state index is 12.3. The van der Waals surface area contributed by atoms with Gasteiger partial charge >= 0.3 is 7.60 Å². The highest BCUT2D eigenvalue weighted by Crippen LogP contribution is 2.45. The molecule has 2 rings (SSSR count). The highest BCUT2D eigenvalue weighted by molar-refractivity contribution is 7.53. The minimum absolute atomic E-state index is 0.0213. The third-order valence-corrected chi connectivity index (χ3v) is 4.31. The predicted octanol–water partition coefficient (Wildman–Crippen LogP) is 3.38. The molecule has 1 heterocycles. The molecule has 8 heteroatoms. The van der Waals surface area contributed by atoms with Crippen LogP contribution in [0.3, 0.4) is 0 Å². The van der Waals surface area contributed by atoms with E-state index >= 15 is 0 Å². The molecule has 0 amide bonds. The fourth-order valence-electron chi connectivity index (χ4n) is 2.16. The van der Waals surface area contributed by atoms with Crippen molar-refractivity contribution in [1.82, 2.24) is 4.98 Å². The van der Waals surface area contributed by atoms with E-state index in [1.165, 1.54) is 13.2 Å². The zero-order valence-corrected chi connectivity index (χ0v) is 14.5. The van der Waals surface area contributed by atoms with Crippen molar-refractivity contribution in [3.8, 4) is 17.2 Å². The number of hydrogen-bond donors (Lipinski definition) is 3. The van der Waals surface area contributed by atoms with Crippen LogP contribution in [0, 0.1) is 0 Å². The van der Waals surface area contributed by atoms with Gasteiger partial charge in [0.15, 0.2) is 11.5 Å². The molecule has 0 fully saturated rings. The highest BCUT2D eigenvalue weighted by Gasteiger charge is 2.22. The molecule has 1 aromatic carbocycles. The Bertz CT molecular complexity index is 724. The molecule has 0 bridgehead atoms. The van der Waals surface area contributed by atoms with Crippen LogP contribution in [0.15, 0.2) is 36.7 Å². The van der Waals surface area contributed by atoms with Crippen molar-refractivity contribution in [2.24, 2.45) is 0 Å². The van der Waals surface area contributed by atoms with Gasteiger partial charge in [-0.15, -0.1) is 0 Å². The zero-order valence-electron chi connectivity index (χ0n) is 13.6. The number of pyridine rings is 1. The Morgan fingerprint density at radius 1 is 1.38 bits per heavy atom. The molecule has 1 atom stereocenters. The molecule has 1 unspecified atom stereocenters. The summed E-state index contributed by atoms with van der Waals surface area (Å²) >= 11 is 0. The molecular formula is C16H21N2O5P. The summed E-state index contributed by atoms with van der Waals surface area (Å²) in [6.07, 6.45) is 4.29. The van der Waals surface area contributed by atoms with Crippen molar-refractivity contribution < 1.29 is 23.8 Å². The van der Waals surface area contributed by atoms with E-state index in [2.05, 4.69) is 10.3 Å². The standard InChI is InChI=1S/C16H21N2O5P/c1-3-5-12-8-14(9-15(22-2)16(12)19)23-24(20,21)11-18-13-6-4-7-17-10-13/h4,6-10,18-19H,3,5,11H2,1-2H3,(H,20,21). The Hall–Kier alpha value is -2.24. The van der Waals surface area contributed by atoms with Gasteiger partial charge in [0, 0.05) is 24.0 Å². The number of aromatic nitrogens is 1. The van der Waals surface area contributed by atoms with Crippen molar-refractivity contribution in [3.63, 3.8) is 0 Å². The number of nitrogens with zero attached hydrogens (tertiary/aromatic N) is 1. The van der Waals surface area contributed by atoms with Gasteiger partial charge in [0.25, 0.3) is 0 Å². The molecule has 1 aromatic heterocycles. The van der Waals surface area contributed by atoms with Crippen LogP contribution in [-0.4, -0.2) is 28.4 Å². The minimum atomic E-state index is -3.94. The average molecular weight is 352 g/mol. The third-order valence-electron chi connectivity index (χ3n) is 3.26. The van der Waals surface area contributed by atoms with E-state index in [1.807, 2.05) is 6.92 Å². The number of benzene rings is 1. The lowest BCUT2D eigenvalue weighted by Crippen LogP contribution is -2.07. The Balaban J connectivity index is 2.13. The number of methoxy groups -OCH3 is 1. The molecule has 0 saturated carbocycles. The van der Waals surface area contributed by atoms with Gasteiger partial charge < -0.3 is 24.6 Å². The van der Waals surface area contributed by atoms with Gasteiger partial charge in [-0.3, -0.25) is 4.98 Å². The van der Waals surface area contributed by atoms with Crippen molar-refractivity contribution >= 4 is 13.3 Å². The van der Waals surface area contributed by atoms with E-state index in [0.717, 1.165) is 6.42 Å². The number of phenolic OH excluding ortho intramolecular Hbond substituents is 1. The summed E-state index contributed by atoms with van der Waals surface area (Å²) in [5, 5.41) is 12.9. The monoisotopic (exact) mass is 352 g/mol. The fraction of sp³-hybridized carbons (Fsp3) is 0.312. The van der Waals surface area contributed by atoms with E-state index in [9.17, 15) is 14.6 Å². The summed E-state index contributed by atoms with van der Waals surface area (Å²) in [5.74, 6) is 0.399. The van der Waals surface area contributed by atoms with E-state index in [1.54, 1.807) is 30.6 Å². The van der Waals surface area contributed by atoms with Crippen molar-refractivity contribution in [2.75, 3.05) is 18.7 Å². The minimum Gasteiger partial charge on any atom is -0.504 e. The number of hydrogen-bond acceptors (Lipinski definition) is 6. The molecule has 130 valence electrons. The van der Waals surface area contributed by atoms with Gasteiger partial charge in [-0.25, -0.2) is 4.57 Å². The average Bonchev–Trinajstić information content (AvgIpc) is 2.57. The third kappa shape index (κ3) is 4.88. The molecule has 0 saturated heterocycles. The van der Waals surface area contributed by atoms with Crippen LogP contribution in [-0.2, 0) is 11.0 Å². The van der Waals surface area contributed by atoms with Crippen molar-refractivity contribution in [2.45, 2.75) is 19.8 Å². The smallest absolute Gasteiger partial charge is 0.395 e. The number of anilines is 1. The summed E-state index contributed by atoms with van der Waals surface area (Å²) in [6.45, 7) is 1.97. The molecule has 3 N–H and O–H groups in total. The molecule has 0 aliphatic rings. The van der Waals surface area contributed by atoms with Gasteiger partial charge in [0.2, 0.25) is 0 Å². The molecule has 7 nitrogen and oxygen atoms in total. The Kier molecular flexibility index (Phi) is 6.06. The second-order valence-electron chi connectivity index (χ2n) is 5.19. The molecule has 0 aliphatic heterocycles. The van der Waals surface area contributed by atoms with Gasteiger partial charge in [-0.05, 0) is 24.6 Å². The number of aryl methyl sites for hydroxylation is 1. The molecule has 0 spiro atoms. The number of ether oxygens (including phenoxy) is 1. The maximum Gasteiger partial charge on any atom is 0.395 e. The molecule has 0 aliphatic carbocycles. The van der Waals surface area contributed by atoms with E-state index in [4.69, 9.17) is 9.26 Å². The van der Waals surface area contributed by atoms with Crippen LogP contribution in [0.1, 0.15) is 18.9 Å². The number of phenols is 1. The van der Waals surface area contributed by atoms with E-state index < -0.39 is 7.60 Å². The first-order chi connectivity index (χ1) is 11.4. The summed E-state index contributed by atoms with van der Waals surface area (Å²) in [4.78, 5) is 13.9. The summed E-state index contributed by atoms with van der Waals surface area (Å²) in [5.41, 5.74) is 1.22. The van der Waals surface area contributed by atoms with E-state index in [-0.39, 0.29) is 23.5 Å². The topological polar surface area (TPSA) is 101 Å². The largest absolute Gasteiger partial charge is 0.504 e. The first-order valence-electron chi connectivity index (χ1n) is 7.50. The number of nitrogens with one attached hydrogen (secondary N) is 1. The second kappa shape index (κ2) is 8.04. The fourth-order valence-corrected chi connectivity index (χ4v) is 3.04. The molecule has 24 heavy (non-hydrogen) atoms. The normalized spacial score (nSPS) is 13.1. The van der Waals surface area contributed by atoms with Gasteiger partial charge in [-0.2, -0.15) is 0 Å². The first-order valence-corrected chi connectivity index (χ1v) is 9.26.